The average molecular weight is 478 g/mol. The molecule has 34 heavy (non-hydrogen) atoms. The number of nitrogens with zero attached hydrogens (tertiary/aromatic N) is 1. The number of rotatable bonds is 6. The highest BCUT2D eigenvalue weighted by molar-refractivity contribution is 7.92. The molecule has 7 nitrogen and oxygen atoms in total. The van der Waals surface area contributed by atoms with E-state index in [1.165, 1.54) is 6.20 Å². The second-order valence-corrected chi connectivity index (χ2v) is 10.6. The second kappa shape index (κ2) is 8.95. The number of anilines is 1. The Bertz CT molecular complexity index is 1440. The van der Waals surface area contributed by atoms with Crippen molar-refractivity contribution in [1.29, 1.82) is 0 Å². The summed E-state index contributed by atoms with van der Waals surface area (Å²) >= 11 is 0. The number of hydrogen-bond donors (Lipinski definition) is 2. The number of carbonyl (C=O) groups excluding carboxylic acids is 1. The number of ether oxygens (including phenoxy) is 1. The minimum atomic E-state index is -3.83. The number of hydrogen-bond acceptors (Lipinski definition) is 5. The molecule has 2 aromatic carbocycles. The molecule has 0 fully saturated rings. The maximum absolute atomic E-state index is 13.0. The minimum absolute atomic E-state index is 0.0799. The van der Waals surface area contributed by atoms with Gasteiger partial charge in [0.05, 0.1) is 23.4 Å². The number of H-pyrrole nitrogens is 1. The first kappa shape index (κ1) is 23.5. The quantitative estimate of drug-likeness (QED) is 0.357. The summed E-state index contributed by atoms with van der Waals surface area (Å²) in [5, 5.41) is 0.609. The monoisotopic (exact) mass is 477 g/mol. The molecule has 0 atom stereocenters. The van der Waals surface area contributed by atoms with Crippen LogP contribution in [0.1, 0.15) is 43.7 Å². The fraction of sp³-hybridized carbons (Fsp3) is 0.231. The molecular formula is C26H27N3O4S. The van der Waals surface area contributed by atoms with Gasteiger partial charge >= 0.3 is 5.97 Å². The Hall–Kier alpha value is -3.65. The fourth-order valence-electron chi connectivity index (χ4n) is 3.74. The van der Waals surface area contributed by atoms with Gasteiger partial charge in [0.25, 0.3) is 10.0 Å². The molecule has 4 aromatic rings. The highest BCUT2D eigenvalue weighted by atomic mass is 32.2. The summed E-state index contributed by atoms with van der Waals surface area (Å²) in [6, 6.07) is 17.9. The molecule has 0 radical (unpaired) electrons. The maximum Gasteiger partial charge on any atom is 0.355 e. The van der Waals surface area contributed by atoms with Gasteiger partial charge in [0.2, 0.25) is 0 Å². The van der Waals surface area contributed by atoms with Crippen LogP contribution in [0.25, 0.3) is 22.2 Å². The van der Waals surface area contributed by atoms with Crippen LogP contribution in [0.4, 0.5) is 5.69 Å². The lowest BCUT2D eigenvalue weighted by molar-refractivity contribution is 0.0521. The van der Waals surface area contributed by atoms with Crippen LogP contribution in [0.5, 0.6) is 0 Å². The van der Waals surface area contributed by atoms with Crippen molar-refractivity contribution in [2.75, 3.05) is 11.3 Å². The smallest absolute Gasteiger partial charge is 0.355 e. The molecule has 0 amide bonds. The first-order valence-corrected chi connectivity index (χ1v) is 12.5. The molecule has 8 heteroatoms. The molecule has 2 heterocycles. The third-order valence-corrected chi connectivity index (χ3v) is 6.87. The molecule has 0 unspecified atom stereocenters. The Balaban J connectivity index is 1.75. The van der Waals surface area contributed by atoms with E-state index in [0.29, 0.717) is 22.3 Å². The number of fused-ring (bicyclic) bond motifs is 1. The Labute approximate surface area is 199 Å². The van der Waals surface area contributed by atoms with E-state index in [1.807, 2.05) is 42.5 Å². The van der Waals surface area contributed by atoms with Crippen LogP contribution < -0.4 is 4.72 Å². The Kier molecular flexibility index (Phi) is 6.18. The van der Waals surface area contributed by atoms with E-state index in [1.54, 1.807) is 25.1 Å². The van der Waals surface area contributed by atoms with Crippen LogP contribution in [0, 0.1) is 0 Å². The number of aromatic amines is 1. The maximum atomic E-state index is 13.0. The van der Waals surface area contributed by atoms with Crippen LogP contribution in [0.15, 0.2) is 71.8 Å². The second-order valence-electron chi connectivity index (χ2n) is 8.96. The number of sulfonamides is 1. The molecule has 0 aliphatic carbocycles. The van der Waals surface area contributed by atoms with Gasteiger partial charge in [-0.3, -0.25) is 4.72 Å². The summed E-state index contributed by atoms with van der Waals surface area (Å²) in [7, 11) is -3.83. The summed E-state index contributed by atoms with van der Waals surface area (Å²) in [6.45, 7) is 8.18. The summed E-state index contributed by atoms with van der Waals surface area (Å²) in [5.41, 5.74) is 3.38. The molecule has 0 aliphatic heterocycles. The van der Waals surface area contributed by atoms with Crippen molar-refractivity contribution in [3.8, 4) is 11.1 Å². The third-order valence-electron chi connectivity index (χ3n) is 5.48. The molecule has 2 N–H and O–H groups in total. The lowest BCUT2D eigenvalue weighted by Crippen LogP contribution is -2.15. The highest BCUT2D eigenvalue weighted by Crippen LogP contribution is 2.34. The minimum Gasteiger partial charge on any atom is -0.461 e. The third kappa shape index (κ3) is 4.68. The largest absolute Gasteiger partial charge is 0.461 e. The Morgan fingerprint density at radius 2 is 1.74 bits per heavy atom. The Morgan fingerprint density at radius 1 is 1.06 bits per heavy atom. The van der Waals surface area contributed by atoms with Crippen LogP contribution in [-0.2, 0) is 20.2 Å². The van der Waals surface area contributed by atoms with E-state index >= 15 is 0 Å². The topological polar surface area (TPSA) is 101 Å². The molecular weight excluding hydrogens is 450 g/mol. The highest BCUT2D eigenvalue weighted by Gasteiger charge is 2.23. The summed E-state index contributed by atoms with van der Waals surface area (Å²) in [5.74, 6) is -0.500. The van der Waals surface area contributed by atoms with Crippen molar-refractivity contribution in [3.63, 3.8) is 0 Å². The molecule has 0 bridgehead atoms. The van der Waals surface area contributed by atoms with Crippen molar-refractivity contribution < 1.29 is 17.9 Å². The van der Waals surface area contributed by atoms with E-state index in [4.69, 9.17) is 4.74 Å². The van der Waals surface area contributed by atoms with Crippen molar-refractivity contribution in [2.45, 2.75) is 38.0 Å². The number of benzene rings is 2. The SMILES string of the molecule is CCOC(=O)c1[nH]c2ncc(NS(=O)(=O)c3ccc(C(C)(C)C)cc3)cc2c1-c1ccccc1. The van der Waals surface area contributed by atoms with Gasteiger partial charge < -0.3 is 9.72 Å². The van der Waals surface area contributed by atoms with Crippen LogP contribution >= 0.6 is 0 Å². The van der Waals surface area contributed by atoms with Crippen molar-refractivity contribution >= 4 is 32.7 Å². The zero-order chi connectivity index (χ0) is 24.5. The summed E-state index contributed by atoms with van der Waals surface area (Å²) in [6.07, 6.45) is 1.42. The van der Waals surface area contributed by atoms with Crippen LogP contribution in [0.2, 0.25) is 0 Å². The lowest BCUT2D eigenvalue weighted by Gasteiger charge is -2.19. The van der Waals surface area contributed by atoms with E-state index in [-0.39, 0.29) is 22.6 Å². The number of aromatic nitrogens is 2. The summed E-state index contributed by atoms with van der Waals surface area (Å²) in [4.78, 5) is 20.2. The lowest BCUT2D eigenvalue weighted by atomic mass is 9.87. The standard InChI is InChI=1S/C26H27N3O4S/c1-5-33-25(30)23-22(17-9-7-6-8-10-17)21-15-19(16-27-24(21)28-23)29-34(31,32)20-13-11-18(12-14-20)26(2,3)4/h6-16,29H,5H2,1-4H3,(H,27,28). The number of esters is 1. The van der Waals surface area contributed by atoms with Gasteiger partial charge in [-0.2, -0.15) is 0 Å². The number of carbonyl (C=O) groups is 1. The van der Waals surface area contributed by atoms with Gasteiger partial charge in [0.1, 0.15) is 11.3 Å². The predicted octanol–water partition coefficient (Wildman–Crippen LogP) is 5.50. The van der Waals surface area contributed by atoms with E-state index in [9.17, 15) is 13.2 Å². The molecule has 176 valence electrons. The first-order chi connectivity index (χ1) is 16.1. The van der Waals surface area contributed by atoms with E-state index in [2.05, 4.69) is 35.5 Å². The van der Waals surface area contributed by atoms with Crippen LogP contribution in [-0.4, -0.2) is 31.0 Å². The van der Waals surface area contributed by atoms with Crippen molar-refractivity contribution in [1.82, 2.24) is 9.97 Å². The first-order valence-electron chi connectivity index (χ1n) is 11.0. The molecule has 4 rings (SSSR count). The van der Waals surface area contributed by atoms with Gasteiger partial charge in [-0.05, 0) is 41.7 Å². The number of pyridine rings is 1. The summed E-state index contributed by atoms with van der Waals surface area (Å²) < 4.78 is 33.9. The fourth-order valence-corrected chi connectivity index (χ4v) is 4.77. The predicted molar refractivity (Wildman–Crippen MR) is 133 cm³/mol. The van der Waals surface area contributed by atoms with E-state index in [0.717, 1.165) is 11.1 Å². The zero-order valence-corrected chi connectivity index (χ0v) is 20.4. The van der Waals surface area contributed by atoms with Gasteiger partial charge in [-0.25, -0.2) is 18.2 Å². The van der Waals surface area contributed by atoms with Crippen molar-refractivity contribution in [2.24, 2.45) is 0 Å². The number of nitrogens with one attached hydrogen (secondary N) is 2. The van der Waals surface area contributed by atoms with Crippen molar-refractivity contribution in [3.05, 3.63) is 78.1 Å². The van der Waals surface area contributed by atoms with Gasteiger partial charge in [-0.1, -0.05) is 63.2 Å². The van der Waals surface area contributed by atoms with E-state index < -0.39 is 16.0 Å². The molecule has 0 saturated heterocycles. The average Bonchev–Trinajstić information content (AvgIpc) is 3.18. The normalized spacial score (nSPS) is 12.0. The molecule has 2 aromatic heterocycles. The molecule has 0 spiro atoms. The van der Waals surface area contributed by atoms with Crippen LogP contribution in [0.3, 0.4) is 0 Å². The Morgan fingerprint density at radius 3 is 2.35 bits per heavy atom. The van der Waals surface area contributed by atoms with Gasteiger partial charge in [0.15, 0.2) is 0 Å². The van der Waals surface area contributed by atoms with Gasteiger partial charge in [-0.15, -0.1) is 0 Å². The van der Waals surface area contributed by atoms with Gasteiger partial charge in [0, 0.05) is 10.9 Å². The molecule has 0 aliphatic rings. The zero-order valence-electron chi connectivity index (χ0n) is 19.5. The molecule has 0 saturated carbocycles.